The number of anilines is 1. The van der Waals surface area contributed by atoms with Gasteiger partial charge in [-0.3, -0.25) is 14.9 Å². The molecule has 1 saturated carbocycles. The molecular formula is C11H11BrN2O4. The molecule has 6 nitrogen and oxygen atoms in total. The maximum atomic E-state index is 11.0. The number of rotatable bonds is 5. The molecule has 1 aliphatic carbocycles. The standard InChI is InChI=1S/C11H11BrN2O4/c12-8-5-7(14(17)18)1-2-9(8)13-6-11(3-4-11)10(15)16/h1-2,5,13H,3-4,6H2,(H,15,16). The van der Waals surface area contributed by atoms with Crippen molar-refractivity contribution in [2.75, 3.05) is 11.9 Å². The molecular weight excluding hydrogens is 304 g/mol. The van der Waals surface area contributed by atoms with Crippen molar-refractivity contribution in [3.05, 3.63) is 32.8 Å². The number of nitrogens with zero attached hydrogens (tertiary/aromatic N) is 1. The summed E-state index contributed by atoms with van der Waals surface area (Å²) < 4.78 is 0.554. The normalized spacial score (nSPS) is 16.1. The fraction of sp³-hybridized carbons (Fsp3) is 0.364. The van der Waals surface area contributed by atoms with Crippen LogP contribution in [0.1, 0.15) is 12.8 Å². The van der Waals surface area contributed by atoms with E-state index in [9.17, 15) is 14.9 Å². The molecule has 18 heavy (non-hydrogen) atoms. The predicted octanol–water partition coefficient (Wildman–Crippen LogP) is 2.63. The van der Waals surface area contributed by atoms with E-state index in [0.29, 0.717) is 29.5 Å². The van der Waals surface area contributed by atoms with Crippen LogP contribution in [0.3, 0.4) is 0 Å². The Kier molecular flexibility index (Phi) is 3.25. The van der Waals surface area contributed by atoms with Crippen molar-refractivity contribution in [3.8, 4) is 0 Å². The number of nitro benzene ring substituents is 1. The molecule has 2 rings (SSSR count). The Morgan fingerprint density at radius 2 is 2.22 bits per heavy atom. The molecule has 0 bridgehead atoms. The summed E-state index contributed by atoms with van der Waals surface area (Å²) in [4.78, 5) is 21.1. The van der Waals surface area contributed by atoms with Crippen molar-refractivity contribution in [2.24, 2.45) is 5.41 Å². The van der Waals surface area contributed by atoms with Crippen molar-refractivity contribution in [3.63, 3.8) is 0 Å². The van der Waals surface area contributed by atoms with Crippen molar-refractivity contribution in [2.45, 2.75) is 12.8 Å². The maximum Gasteiger partial charge on any atom is 0.311 e. The summed E-state index contributed by atoms with van der Waals surface area (Å²) >= 11 is 3.23. The van der Waals surface area contributed by atoms with E-state index in [1.54, 1.807) is 6.07 Å². The van der Waals surface area contributed by atoms with Gasteiger partial charge < -0.3 is 10.4 Å². The van der Waals surface area contributed by atoms with Crippen LogP contribution in [0.2, 0.25) is 0 Å². The second-order valence-electron chi connectivity index (χ2n) is 4.36. The Bertz CT molecular complexity index is 514. The van der Waals surface area contributed by atoms with Gasteiger partial charge in [-0.15, -0.1) is 0 Å². The van der Waals surface area contributed by atoms with E-state index >= 15 is 0 Å². The average molecular weight is 315 g/mol. The lowest BCUT2D eigenvalue weighted by Crippen LogP contribution is -2.24. The molecule has 1 aromatic carbocycles. The average Bonchev–Trinajstić information content (AvgIpc) is 3.08. The van der Waals surface area contributed by atoms with Crippen molar-refractivity contribution in [1.29, 1.82) is 0 Å². The van der Waals surface area contributed by atoms with Gasteiger partial charge in [0, 0.05) is 28.8 Å². The third kappa shape index (κ3) is 2.45. The topological polar surface area (TPSA) is 92.5 Å². The fourth-order valence-corrected chi connectivity index (χ4v) is 2.15. The first-order valence-electron chi connectivity index (χ1n) is 5.36. The van der Waals surface area contributed by atoms with Crippen molar-refractivity contribution < 1.29 is 14.8 Å². The summed E-state index contributed by atoms with van der Waals surface area (Å²) in [5.74, 6) is -0.798. The summed E-state index contributed by atoms with van der Waals surface area (Å²) in [7, 11) is 0. The van der Waals surface area contributed by atoms with E-state index in [-0.39, 0.29) is 5.69 Å². The van der Waals surface area contributed by atoms with Gasteiger partial charge in [-0.1, -0.05) is 0 Å². The predicted molar refractivity (Wildman–Crippen MR) is 68.6 cm³/mol. The van der Waals surface area contributed by atoms with Gasteiger partial charge in [-0.2, -0.15) is 0 Å². The first-order chi connectivity index (χ1) is 8.44. The molecule has 0 atom stereocenters. The lowest BCUT2D eigenvalue weighted by Gasteiger charge is -2.13. The van der Waals surface area contributed by atoms with Gasteiger partial charge in [-0.05, 0) is 34.8 Å². The SMILES string of the molecule is O=C(O)C1(CNc2ccc([N+](=O)[O-])cc2Br)CC1. The molecule has 0 amide bonds. The minimum atomic E-state index is -0.798. The molecule has 2 N–H and O–H groups in total. The summed E-state index contributed by atoms with van der Waals surface area (Å²) in [5.41, 5.74) is -0.0128. The highest BCUT2D eigenvalue weighted by molar-refractivity contribution is 9.10. The molecule has 1 aromatic rings. The van der Waals surface area contributed by atoms with E-state index in [1.165, 1.54) is 12.1 Å². The largest absolute Gasteiger partial charge is 0.481 e. The fourth-order valence-electron chi connectivity index (χ4n) is 1.64. The van der Waals surface area contributed by atoms with Crippen LogP contribution < -0.4 is 5.32 Å². The zero-order valence-corrected chi connectivity index (χ0v) is 10.9. The van der Waals surface area contributed by atoms with Gasteiger partial charge in [0.15, 0.2) is 0 Å². The minimum absolute atomic E-state index is 0.00760. The van der Waals surface area contributed by atoms with E-state index < -0.39 is 16.3 Å². The van der Waals surface area contributed by atoms with E-state index in [4.69, 9.17) is 5.11 Å². The Morgan fingerprint density at radius 1 is 1.56 bits per heavy atom. The second kappa shape index (κ2) is 4.56. The summed E-state index contributed by atoms with van der Waals surface area (Å²) in [6.07, 6.45) is 1.33. The lowest BCUT2D eigenvalue weighted by atomic mass is 10.1. The lowest BCUT2D eigenvalue weighted by molar-refractivity contribution is -0.384. The number of carboxylic acids is 1. The summed E-state index contributed by atoms with van der Waals surface area (Å²) in [6.45, 7) is 0.332. The molecule has 0 saturated heterocycles. The van der Waals surface area contributed by atoms with Gasteiger partial charge in [0.2, 0.25) is 0 Å². The summed E-state index contributed by atoms with van der Waals surface area (Å²) in [5, 5.41) is 22.6. The number of carboxylic acid groups (broad SMARTS) is 1. The number of hydrogen-bond acceptors (Lipinski definition) is 4. The zero-order valence-electron chi connectivity index (χ0n) is 9.35. The molecule has 7 heteroatoms. The van der Waals surface area contributed by atoms with Crippen molar-refractivity contribution >= 4 is 33.3 Å². The molecule has 0 radical (unpaired) electrons. The molecule has 1 fully saturated rings. The quantitative estimate of drug-likeness (QED) is 0.643. The van der Waals surface area contributed by atoms with Crippen LogP contribution >= 0.6 is 15.9 Å². The highest BCUT2D eigenvalue weighted by atomic mass is 79.9. The van der Waals surface area contributed by atoms with Crippen LogP contribution in [0.5, 0.6) is 0 Å². The number of nitrogens with one attached hydrogen (secondary N) is 1. The smallest absolute Gasteiger partial charge is 0.311 e. The maximum absolute atomic E-state index is 11.0. The molecule has 96 valence electrons. The van der Waals surface area contributed by atoms with Crippen LogP contribution in [0.15, 0.2) is 22.7 Å². The number of nitro groups is 1. The minimum Gasteiger partial charge on any atom is -0.481 e. The van der Waals surface area contributed by atoms with Crippen LogP contribution in [0, 0.1) is 15.5 Å². The molecule has 0 unspecified atom stereocenters. The van der Waals surface area contributed by atoms with E-state index in [2.05, 4.69) is 21.2 Å². The third-order valence-electron chi connectivity index (χ3n) is 3.09. The number of non-ortho nitro benzene ring substituents is 1. The van der Waals surface area contributed by atoms with Crippen molar-refractivity contribution in [1.82, 2.24) is 0 Å². The van der Waals surface area contributed by atoms with Gasteiger partial charge in [0.05, 0.1) is 10.3 Å². The Labute approximate surface area is 111 Å². The number of aliphatic carboxylic acids is 1. The zero-order chi connectivity index (χ0) is 13.3. The molecule has 0 aliphatic heterocycles. The Hall–Kier alpha value is -1.63. The molecule has 1 aliphatic rings. The van der Waals surface area contributed by atoms with Crippen LogP contribution in [-0.4, -0.2) is 22.5 Å². The number of benzene rings is 1. The first kappa shape index (κ1) is 12.8. The van der Waals surface area contributed by atoms with Gasteiger partial charge in [0.25, 0.3) is 5.69 Å². The molecule has 0 spiro atoms. The highest BCUT2D eigenvalue weighted by Gasteiger charge is 2.50. The summed E-state index contributed by atoms with van der Waals surface area (Å²) in [6, 6.07) is 4.34. The van der Waals surface area contributed by atoms with E-state index in [1.807, 2.05) is 0 Å². The number of halogens is 1. The highest BCUT2D eigenvalue weighted by Crippen LogP contribution is 2.46. The Balaban J connectivity index is 2.07. The monoisotopic (exact) mass is 314 g/mol. The first-order valence-corrected chi connectivity index (χ1v) is 6.15. The molecule has 0 heterocycles. The van der Waals surface area contributed by atoms with Crippen LogP contribution in [0.25, 0.3) is 0 Å². The van der Waals surface area contributed by atoms with Crippen LogP contribution in [-0.2, 0) is 4.79 Å². The number of hydrogen-bond donors (Lipinski definition) is 2. The second-order valence-corrected chi connectivity index (χ2v) is 5.21. The molecule has 0 aromatic heterocycles. The van der Waals surface area contributed by atoms with Crippen LogP contribution in [0.4, 0.5) is 11.4 Å². The third-order valence-corrected chi connectivity index (χ3v) is 3.74. The number of carbonyl (C=O) groups is 1. The Morgan fingerprint density at radius 3 is 2.67 bits per heavy atom. The van der Waals surface area contributed by atoms with Gasteiger partial charge in [0.1, 0.15) is 0 Å². The van der Waals surface area contributed by atoms with E-state index in [0.717, 1.165) is 0 Å². The van der Waals surface area contributed by atoms with Gasteiger partial charge >= 0.3 is 5.97 Å². The van der Waals surface area contributed by atoms with Gasteiger partial charge in [-0.25, -0.2) is 0 Å².